The number of hydrogen-bond acceptors (Lipinski definition) is 4. The molecular formula is C13H16N2O5. The number of aliphatic carboxylic acids is 1. The SMILES string of the molecule is NC(=O)CCC(C(=O)O)N1C(=O)C2CC=CCC2C1=O. The van der Waals surface area contributed by atoms with Crippen molar-refractivity contribution in [3.05, 3.63) is 12.2 Å². The molecule has 2 rings (SSSR count). The number of hydrogen-bond donors (Lipinski definition) is 2. The fourth-order valence-electron chi connectivity index (χ4n) is 2.78. The maximum atomic E-state index is 12.2. The summed E-state index contributed by atoms with van der Waals surface area (Å²) in [5.74, 6) is -3.80. The Balaban J connectivity index is 2.21. The van der Waals surface area contributed by atoms with Gasteiger partial charge in [-0.25, -0.2) is 4.79 Å². The quantitative estimate of drug-likeness (QED) is 0.527. The molecule has 0 spiro atoms. The van der Waals surface area contributed by atoms with Crippen LogP contribution in [0.25, 0.3) is 0 Å². The molecule has 3 amide bonds. The first-order valence-electron chi connectivity index (χ1n) is 6.46. The van der Waals surface area contributed by atoms with E-state index in [0.29, 0.717) is 12.8 Å². The molecule has 0 aromatic carbocycles. The molecule has 108 valence electrons. The van der Waals surface area contributed by atoms with Gasteiger partial charge in [-0.05, 0) is 19.3 Å². The minimum atomic E-state index is -1.31. The van der Waals surface area contributed by atoms with Crippen LogP contribution >= 0.6 is 0 Å². The van der Waals surface area contributed by atoms with Crippen molar-refractivity contribution in [2.45, 2.75) is 31.7 Å². The van der Waals surface area contributed by atoms with E-state index in [0.717, 1.165) is 4.90 Å². The average molecular weight is 280 g/mol. The molecule has 3 N–H and O–H groups in total. The molecule has 3 unspecified atom stereocenters. The zero-order chi connectivity index (χ0) is 14.9. The lowest BCUT2D eigenvalue weighted by Gasteiger charge is -2.22. The second-order valence-electron chi connectivity index (χ2n) is 5.06. The van der Waals surface area contributed by atoms with E-state index in [4.69, 9.17) is 5.73 Å². The summed E-state index contributed by atoms with van der Waals surface area (Å²) in [5, 5.41) is 9.20. The summed E-state index contributed by atoms with van der Waals surface area (Å²) in [6, 6.07) is -1.31. The molecule has 1 fully saturated rings. The van der Waals surface area contributed by atoms with Gasteiger partial charge in [-0.3, -0.25) is 19.3 Å². The van der Waals surface area contributed by atoms with Crippen LogP contribution in [-0.2, 0) is 19.2 Å². The van der Waals surface area contributed by atoms with Gasteiger partial charge in [0.25, 0.3) is 0 Å². The second kappa shape index (κ2) is 5.44. The number of likely N-dealkylation sites (tertiary alicyclic amines) is 1. The lowest BCUT2D eigenvalue weighted by atomic mass is 9.85. The van der Waals surface area contributed by atoms with Gasteiger partial charge in [0.2, 0.25) is 17.7 Å². The number of carbonyl (C=O) groups excluding carboxylic acids is 3. The number of carbonyl (C=O) groups is 4. The summed E-state index contributed by atoms with van der Waals surface area (Å²) in [5.41, 5.74) is 5.00. The fraction of sp³-hybridized carbons (Fsp3) is 0.538. The molecule has 2 aliphatic rings. The molecule has 0 bridgehead atoms. The van der Waals surface area contributed by atoms with Crippen LogP contribution in [0, 0.1) is 11.8 Å². The number of rotatable bonds is 5. The number of carboxylic acids is 1. The maximum absolute atomic E-state index is 12.2. The predicted molar refractivity (Wildman–Crippen MR) is 67.1 cm³/mol. The van der Waals surface area contributed by atoms with Crippen LogP contribution < -0.4 is 5.73 Å². The van der Waals surface area contributed by atoms with Crippen LogP contribution in [0.1, 0.15) is 25.7 Å². The number of allylic oxidation sites excluding steroid dienone is 2. The average Bonchev–Trinajstić information content (AvgIpc) is 2.64. The van der Waals surface area contributed by atoms with Crippen LogP contribution in [-0.4, -0.2) is 39.7 Å². The number of nitrogens with zero attached hydrogens (tertiary/aromatic N) is 1. The van der Waals surface area contributed by atoms with Gasteiger partial charge < -0.3 is 10.8 Å². The van der Waals surface area contributed by atoms with Crippen molar-refractivity contribution in [1.29, 1.82) is 0 Å². The van der Waals surface area contributed by atoms with Crippen molar-refractivity contribution in [3.63, 3.8) is 0 Å². The molecule has 20 heavy (non-hydrogen) atoms. The van der Waals surface area contributed by atoms with Gasteiger partial charge in [0, 0.05) is 6.42 Å². The van der Waals surface area contributed by atoms with Crippen molar-refractivity contribution >= 4 is 23.7 Å². The summed E-state index contributed by atoms with van der Waals surface area (Å²) in [6.45, 7) is 0. The molecule has 0 aromatic heterocycles. The van der Waals surface area contributed by atoms with E-state index in [1.54, 1.807) is 0 Å². The second-order valence-corrected chi connectivity index (χ2v) is 5.06. The van der Waals surface area contributed by atoms with E-state index in [1.165, 1.54) is 0 Å². The van der Waals surface area contributed by atoms with E-state index in [2.05, 4.69) is 0 Å². The van der Waals surface area contributed by atoms with Crippen LogP contribution in [0.2, 0.25) is 0 Å². The molecule has 1 heterocycles. The highest BCUT2D eigenvalue weighted by molar-refractivity contribution is 6.08. The van der Waals surface area contributed by atoms with Gasteiger partial charge in [-0.2, -0.15) is 0 Å². The highest BCUT2D eigenvalue weighted by atomic mass is 16.4. The summed E-state index contributed by atoms with van der Waals surface area (Å²) in [4.78, 5) is 47.3. The van der Waals surface area contributed by atoms with Gasteiger partial charge >= 0.3 is 5.97 Å². The first kappa shape index (κ1) is 14.2. The molecule has 3 atom stereocenters. The Morgan fingerprint density at radius 2 is 1.75 bits per heavy atom. The van der Waals surface area contributed by atoms with Crippen LogP contribution in [0.4, 0.5) is 0 Å². The molecule has 0 saturated carbocycles. The van der Waals surface area contributed by atoms with E-state index >= 15 is 0 Å². The Morgan fingerprint density at radius 3 is 2.15 bits per heavy atom. The highest BCUT2D eigenvalue weighted by Crippen LogP contribution is 2.36. The zero-order valence-corrected chi connectivity index (χ0v) is 10.8. The molecule has 7 nitrogen and oxygen atoms in total. The van der Waals surface area contributed by atoms with Crippen molar-refractivity contribution in [2.75, 3.05) is 0 Å². The van der Waals surface area contributed by atoms with Gasteiger partial charge in [0.1, 0.15) is 6.04 Å². The lowest BCUT2D eigenvalue weighted by molar-refractivity contribution is -0.155. The third-order valence-corrected chi connectivity index (χ3v) is 3.80. The predicted octanol–water partition coefficient (Wildman–Crippen LogP) is -0.344. The molecule has 0 aromatic rings. The van der Waals surface area contributed by atoms with Gasteiger partial charge in [0.05, 0.1) is 11.8 Å². The standard InChI is InChI=1S/C13H16N2O5/c14-10(16)6-5-9(13(19)20)15-11(17)7-3-1-2-4-8(7)12(15)18/h1-2,7-9H,3-6H2,(H2,14,16)(H,19,20). The molecule has 1 aliphatic heterocycles. The molecule has 7 heteroatoms. The van der Waals surface area contributed by atoms with Crippen molar-refractivity contribution in [2.24, 2.45) is 17.6 Å². The largest absolute Gasteiger partial charge is 0.480 e. The van der Waals surface area contributed by atoms with Crippen molar-refractivity contribution < 1.29 is 24.3 Å². The number of nitrogens with two attached hydrogens (primary N) is 1. The van der Waals surface area contributed by atoms with E-state index in [1.807, 2.05) is 12.2 Å². The third kappa shape index (κ3) is 2.43. The number of primary amides is 1. The molecule has 1 aliphatic carbocycles. The van der Waals surface area contributed by atoms with Crippen LogP contribution in [0.3, 0.4) is 0 Å². The van der Waals surface area contributed by atoms with Gasteiger partial charge in [-0.15, -0.1) is 0 Å². The summed E-state index contributed by atoms with van der Waals surface area (Å²) >= 11 is 0. The Hall–Kier alpha value is -2.18. The monoisotopic (exact) mass is 280 g/mol. The van der Waals surface area contributed by atoms with Crippen LogP contribution in [0.15, 0.2) is 12.2 Å². The topological polar surface area (TPSA) is 118 Å². The number of fused-ring (bicyclic) bond motifs is 1. The third-order valence-electron chi connectivity index (χ3n) is 3.80. The summed E-state index contributed by atoms with van der Waals surface area (Å²) in [6.07, 6.45) is 4.24. The van der Waals surface area contributed by atoms with E-state index < -0.39 is 41.6 Å². The van der Waals surface area contributed by atoms with E-state index in [-0.39, 0.29) is 12.8 Å². The minimum absolute atomic E-state index is 0.144. The highest BCUT2D eigenvalue weighted by Gasteiger charge is 2.51. The summed E-state index contributed by atoms with van der Waals surface area (Å²) in [7, 11) is 0. The lowest BCUT2D eigenvalue weighted by Crippen LogP contribution is -2.46. The molecule has 1 saturated heterocycles. The first-order chi connectivity index (χ1) is 9.43. The van der Waals surface area contributed by atoms with E-state index in [9.17, 15) is 24.3 Å². The number of amides is 3. The Morgan fingerprint density at radius 1 is 1.25 bits per heavy atom. The minimum Gasteiger partial charge on any atom is -0.480 e. The smallest absolute Gasteiger partial charge is 0.326 e. The number of carboxylic acid groups (broad SMARTS) is 1. The Labute approximate surface area is 115 Å². The number of imide groups is 1. The first-order valence-corrected chi connectivity index (χ1v) is 6.46. The van der Waals surface area contributed by atoms with Crippen LogP contribution in [0.5, 0.6) is 0 Å². The molecule has 0 radical (unpaired) electrons. The normalized spacial score (nSPS) is 26.5. The zero-order valence-electron chi connectivity index (χ0n) is 10.8. The summed E-state index contributed by atoms with van der Waals surface area (Å²) < 4.78 is 0. The molecular weight excluding hydrogens is 264 g/mol. The Kier molecular flexibility index (Phi) is 3.87. The van der Waals surface area contributed by atoms with Gasteiger partial charge in [0.15, 0.2) is 0 Å². The van der Waals surface area contributed by atoms with Crippen molar-refractivity contribution in [3.8, 4) is 0 Å². The van der Waals surface area contributed by atoms with Crippen molar-refractivity contribution in [1.82, 2.24) is 4.90 Å². The fourth-order valence-corrected chi connectivity index (χ4v) is 2.78. The van der Waals surface area contributed by atoms with Gasteiger partial charge in [-0.1, -0.05) is 12.2 Å². The maximum Gasteiger partial charge on any atom is 0.326 e. The Bertz CT molecular complexity index is 473.